The zero-order chi connectivity index (χ0) is 17.2. The average Bonchev–Trinajstić information content (AvgIpc) is 2.76. The standard InChI is InChI=1S/C20H26N2OS/c1-20(2,3)16-10-8-15(9-11-16)14-17-18(23)21-19(24-17)22-12-6-4-5-7-13-22/h8-11,14H,4-7,12-13H2,1-3H3. The van der Waals surface area contributed by atoms with Gasteiger partial charge in [-0.25, -0.2) is 0 Å². The Kier molecular flexibility index (Phi) is 5.14. The number of nitrogens with zero attached hydrogens (tertiary/aromatic N) is 2. The lowest BCUT2D eigenvalue weighted by molar-refractivity contribution is -0.113. The van der Waals surface area contributed by atoms with Gasteiger partial charge >= 0.3 is 0 Å². The highest BCUT2D eigenvalue weighted by atomic mass is 32.2. The molecule has 1 saturated heterocycles. The number of carbonyl (C=O) groups is 1. The SMILES string of the molecule is CC(C)(C)c1ccc(C=C2SC(N3CCCCCC3)=NC2=O)cc1. The van der Waals surface area contributed by atoms with Gasteiger partial charge in [-0.05, 0) is 47.2 Å². The first-order chi connectivity index (χ1) is 11.4. The van der Waals surface area contributed by atoms with Crippen LogP contribution in [0.15, 0.2) is 34.2 Å². The number of amidine groups is 1. The van der Waals surface area contributed by atoms with E-state index >= 15 is 0 Å². The van der Waals surface area contributed by atoms with Crippen molar-refractivity contribution in [2.24, 2.45) is 4.99 Å². The van der Waals surface area contributed by atoms with Gasteiger partial charge in [0.1, 0.15) is 0 Å². The molecule has 128 valence electrons. The number of rotatable bonds is 1. The lowest BCUT2D eigenvalue weighted by Crippen LogP contribution is -2.28. The fourth-order valence-electron chi connectivity index (χ4n) is 3.03. The van der Waals surface area contributed by atoms with E-state index in [-0.39, 0.29) is 11.3 Å². The maximum absolute atomic E-state index is 12.2. The van der Waals surface area contributed by atoms with Gasteiger partial charge in [0.15, 0.2) is 5.17 Å². The van der Waals surface area contributed by atoms with Crippen molar-refractivity contribution in [2.45, 2.75) is 51.9 Å². The van der Waals surface area contributed by atoms with Crippen molar-refractivity contribution in [1.82, 2.24) is 4.90 Å². The molecule has 0 aromatic heterocycles. The van der Waals surface area contributed by atoms with Crippen LogP contribution in [0, 0.1) is 0 Å². The lowest BCUT2D eigenvalue weighted by atomic mass is 9.87. The van der Waals surface area contributed by atoms with Crippen LogP contribution in [0.3, 0.4) is 0 Å². The van der Waals surface area contributed by atoms with E-state index in [0.717, 1.165) is 28.7 Å². The predicted molar refractivity (Wildman–Crippen MR) is 103 cm³/mol. The molecule has 1 fully saturated rings. The molecule has 0 saturated carbocycles. The first-order valence-corrected chi connectivity index (χ1v) is 9.63. The van der Waals surface area contributed by atoms with E-state index in [9.17, 15) is 4.79 Å². The minimum Gasteiger partial charge on any atom is -0.351 e. The van der Waals surface area contributed by atoms with Crippen LogP contribution in [-0.4, -0.2) is 29.1 Å². The van der Waals surface area contributed by atoms with Crippen LogP contribution in [-0.2, 0) is 10.2 Å². The Morgan fingerprint density at radius 2 is 1.67 bits per heavy atom. The van der Waals surface area contributed by atoms with Gasteiger partial charge in [0.05, 0.1) is 4.91 Å². The highest BCUT2D eigenvalue weighted by Crippen LogP contribution is 2.31. The largest absolute Gasteiger partial charge is 0.351 e. The number of thioether (sulfide) groups is 1. The monoisotopic (exact) mass is 342 g/mol. The van der Waals surface area contributed by atoms with E-state index in [2.05, 4.69) is 54.9 Å². The number of amides is 1. The van der Waals surface area contributed by atoms with Crippen LogP contribution in [0.4, 0.5) is 0 Å². The fraction of sp³-hybridized carbons (Fsp3) is 0.500. The summed E-state index contributed by atoms with van der Waals surface area (Å²) in [4.78, 5) is 19.5. The first kappa shape index (κ1) is 17.3. The van der Waals surface area contributed by atoms with Crippen molar-refractivity contribution in [1.29, 1.82) is 0 Å². The van der Waals surface area contributed by atoms with Crippen molar-refractivity contribution < 1.29 is 4.79 Å². The second kappa shape index (κ2) is 7.14. The lowest BCUT2D eigenvalue weighted by Gasteiger charge is -2.20. The summed E-state index contributed by atoms with van der Waals surface area (Å²) in [7, 11) is 0. The van der Waals surface area contributed by atoms with Crippen molar-refractivity contribution in [3.05, 3.63) is 40.3 Å². The van der Waals surface area contributed by atoms with Gasteiger partial charge in [0.2, 0.25) is 0 Å². The predicted octanol–water partition coefficient (Wildman–Crippen LogP) is 4.83. The van der Waals surface area contributed by atoms with Crippen LogP contribution < -0.4 is 0 Å². The van der Waals surface area contributed by atoms with Gasteiger partial charge in [-0.1, -0.05) is 57.9 Å². The molecule has 0 spiro atoms. The number of hydrogen-bond acceptors (Lipinski definition) is 3. The number of carbonyl (C=O) groups excluding carboxylic acids is 1. The fourth-order valence-corrected chi connectivity index (χ4v) is 3.99. The van der Waals surface area contributed by atoms with Crippen LogP contribution in [0.1, 0.15) is 57.6 Å². The summed E-state index contributed by atoms with van der Waals surface area (Å²) in [6, 6.07) is 8.47. The molecule has 1 aromatic carbocycles. The maximum Gasteiger partial charge on any atom is 0.286 e. The van der Waals surface area contributed by atoms with E-state index < -0.39 is 0 Å². The summed E-state index contributed by atoms with van der Waals surface area (Å²) in [5.74, 6) is -0.0980. The van der Waals surface area contributed by atoms with Crippen LogP contribution in [0.25, 0.3) is 6.08 Å². The van der Waals surface area contributed by atoms with Gasteiger partial charge in [-0.15, -0.1) is 0 Å². The molecule has 0 radical (unpaired) electrons. The third-order valence-electron chi connectivity index (χ3n) is 4.56. The van der Waals surface area contributed by atoms with Gasteiger partial charge in [-0.2, -0.15) is 4.99 Å². The minimum absolute atomic E-state index is 0.0980. The Balaban J connectivity index is 1.72. The molecule has 3 rings (SSSR count). The van der Waals surface area contributed by atoms with E-state index in [4.69, 9.17) is 0 Å². The Labute approximate surface area is 149 Å². The summed E-state index contributed by atoms with van der Waals surface area (Å²) >= 11 is 1.53. The highest BCUT2D eigenvalue weighted by molar-refractivity contribution is 8.18. The van der Waals surface area contributed by atoms with Crippen LogP contribution in [0.2, 0.25) is 0 Å². The number of benzene rings is 1. The molecule has 2 aliphatic rings. The van der Waals surface area contributed by atoms with E-state index in [0.29, 0.717) is 0 Å². The molecule has 1 aromatic rings. The van der Waals surface area contributed by atoms with Crippen molar-refractivity contribution >= 4 is 28.9 Å². The molecule has 3 nitrogen and oxygen atoms in total. The van der Waals surface area contributed by atoms with Gasteiger partial charge in [0, 0.05) is 13.1 Å². The zero-order valence-corrected chi connectivity index (χ0v) is 15.7. The molecule has 0 unspecified atom stereocenters. The molecular weight excluding hydrogens is 316 g/mol. The summed E-state index contributed by atoms with van der Waals surface area (Å²) in [5, 5.41) is 0.888. The zero-order valence-electron chi connectivity index (χ0n) is 14.8. The van der Waals surface area contributed by atoms with Crippen molar-refractivity contribution in [3.8, 4) is 0 Å². The van der Waals surface area contributed by atoms with E-state index in [1.54, 1.807) is 0 Å². The Morgan fingerprint density at radius 1 is 1.04 bits per heavy atom. The molecule has 0 aliphatic carbocycles. The second-order valence-corrected chi connectivity index (χ2v) is 8.59. The Morgan fingerprint density at radius 3 is 2.25 bits per heavy atom. The molecule has 1 amide bonds. The van der Waals surface area contributed by atoms with Gasteiger partial charge in [-0.3, -0.25) is 4.79 Å². The second-order valence-electron chi connectivity index (χ2n) is 7.58. The number of likely N-dealkylation sites (tertiary alicyclic amines) is 1. The summed E-state index contributed by atoms with van der Waals surface area (Å²) in [6.45, 7) is 8.66. The van der Waals surface area contributed by atoms with Gasteiger partial charge < -0.3 is 4.90 Å². The average molecular weight is 343 g/mol. The Hall–Kier alpha value is -1.55. The molecular formula is C20H26N2OS. The quantitative estimate of drug-likeness (QED) is 0.685. The smallest absolute Gasteiger partial charge is 0.286 e. The minimum atomic E-state index is -0.0980. The maximum atomic E-state index is 12.2. The number of hydrogen-bond donors (Lipinski definition) is 0. The summed E-state index contributed by atoms with van der Waals surface area (Å²) in [6.07, 6.45) is 6.92. The molecule has 0 atom stereocenters. The molecule has 0 bridgehead atoms. The number of aliphatic imine (C=N–C) groups is 1. The third kappa shape index (κ3) is 4.10. The topological polar surface area (TPSA) is 32.7 Å². The van der Waals surface area contributed by atoms with E-state index in [1.807, 2.05) is 6.08 Å². The molecule has 4 heteroatoms. The van der Waals surface area contributed by atoms with Crippen LogP contribution >= 0.6 is 11.8 Å². The molecule has 2 heterocycles. The molecule has 2 aliphatic heterocycles. The third-order valence-corrected chi connectivity index (χ3v) is 5.60. The van der Waals surface area contributed by atoms with Gasteiger partial charge in [0.25, 0.3) is 5.91 Å². The summed E-state index contributed by atoms with van der Waals surface area (Å²) in [5.41, 5.74) is 2.51. The first-order valence-electron chi connectivity index (χ1n) is 8.81. The van der Waals surface area contributed by atoms with Crippen molar-refractivity contribution in [2.75, 3.05) is 13.1 Å². The molecule has 24 heavy (non-hydrogen) atoms. The normalized spacial score (nSPS) is 21.1. The van der Waals surface area contributed by atoms with E-state index in [1.165, 1.54) is 43.0 Å². The summed E-state index contributed by atoms with van der Waals surface area (Å²) < 4.78 is 0. The Bertz CT molecular complexity index is 660. The molecule has 0 N–H and O–H groups in total. The highest BCUT2D eigenvalue weighted by Gasteiger charge is 2.26. The van der Waals surface area contributed by atoms with Crippen molar-refractivity contribution in [3.63, 3.8) is 0 Å². The van der Waals surface area contributed by atoms with Crippen LogP contribution in [0.5, 0.6) is 0 Å².